The number of likely N-dealkylation sites (tertiary alicyclic amines) is 1. The van der Waals surface area contributed by atoms with Gasteiger partial charge in [0.25, 0.3) is 16.1 Å². The molecule has 3 aromatic rings. The lowest BCUT2D eigenvalue weighted by molar-refractivity contribution is 0.0916. The van der Waals surface area contributed by atoms with E-state index >= 15 is 0 Å². The summed E-state index contributed by atoms with van der Waals surface area (Å²) in [5.74, 6) is 0.675. The van der Waals surface area contributed by atoms with Crippen LogP contribution in [0.5, 0.6) is 0 Å². The third kappa shape index (κ3) is 6.05. The van der Waals surface area contributed by atoms with Crippen molar-refractivity contribution < 1.29 is 13.2 Å². The number of fused-ring (bicyclic) bond motifs is 1. The molecule has 0 radical (unpaired) electrons. The smallest absolute Gasteiger partial charge is 0.299 e. The molecule has 2 aromatic heterocycles. The Hall–Kier alpha value is -2.95. The molecule has 0 spiro atoms. The van der Waals surface area contributed by atoms with Crippen LogP contribution < -0.4 is 14.8 Å². The van der Waals surface area contributed by atoms with Crippen molar-refractivity contribution in [1.82, 2.24) is 24.3 Å². The third-order valence-electron chi connectivity index (χ3n) is 7.16. The predicted molar refractivity (Wildman–Crippen MR) is 141 cm³/mol. The minimum absolute atomic E-state index is 0.0735. The lowest BCUT2D eigenvalue weighted by atomic mass is 9.93. The fourth-order valence-electron chi connectivity index (χ4n) is 4.64. The molecule has 1 aromatic carbocycles. The Morgan fingerprint density at radius 2 is 1.89 bits per heavy atom. The van der Waals surface area contributed by atoms with Crippen LogP contribution in [0.25, 0.3) is 16.9 Å². The topological polar surface area (TPSA) is 108 Å². The molecular weight excluding hydrogens is 476 g/mol. The Balaban J connectivity index is 1.22. The van der Waals surface area contributed by atoms with Crippen LogP contribution >= 0.6 is 0 Å². The molecular formula is C26H34N6O3S. The number of nitrogens with zero attached hydrogens (tertiary/aromatic N) is 3. The Labute approximate surface area is 212 Å². The highest BCUT2D eigenvalue weighted by atomic mass is 32.2. The number of anilines is 1. The van der Waals surface area contributed by atoms with E-state index in [0.717, 1.165) is 56.7 Å². The summed E-state index contributed by atoms with van der Waals surface area (Å²) >= 11 is 0. The van der Waals surface area contributed by atoms with Gasteiger partial charge in [-0.1, -0.05) is 19.1 Å². The maximum Gasteiger partial charge on any atom is 0.299 e. The van der Waals surface area contributed by atoms with Crippen LogP contribution in [0, 0.1) is 5.92 Å². The summed E-state index contributed by atoms with van der Waals surface area (Å²) in [4.78, 5) is 19.5. The van der Waals surface area contributed by atoms with E-state index in [2.05, 4.69) is 31.6 Å². The molecule has 1 amide bonds. The van der Waals surface area contributed by atoms with Crippen LogP contribution in [0.15, 0.2) is 48.8 Å². The summed E-state index contributed by atoms with van der Waals surface area (Å²) < 4.78 is 32.3. The Morgan fingerprint density at radius 1 is 1.08 bits per heavy atom. The zero-order valence-electron chi connectivity index (χ0n) is 20.6. The maximum atomic E-state index is 12.6. The number of piperidine rings is 1. The molecule has 0 atom stereocenters. The first-order chi connectivity index (χ1) is 17.3. The van der Waals surface area contributed by atoms with Gasteiger partial charge in [0.1, 0.15) is 5.65 Å². The zero-order valence-corrected chi connectivity index (χ0v) is 21.4. The van der Waals surface area contributed by atoms with Gasteiger partial charge in [0.05, 0.1) is 16.9 Å². The summed E-state index contributed by atoms with van der Waals surface area (Å²) in [6.07, 6.45) is 9.19. The van der Waals surface area contributed by atoms with Crippen molar-refractivity contribution in [2.75, 3.05) is 30.9 Å². The van der Waals surface area contributed by atoms with Crippen LogP contribution in [0.3, 0.4) is 0 Å². The maximum absolute atomic E-state index is 12.6. The van der Waals surface area contributed by atoms with Crippen LogP contribution in [-0.4, -0.2) is 60.8 Å². The summed E-state index contributed by atoms with van der Waals surface area (Å²) in [5, 5.41) is 3.05. The highest BCUT2D eigenvalue weighted by molar-refractivity contribution is 7.90. The molecule has 1 saturated heterocycles. The van der Waals surface area contributed by atoms with Crippen LogP contribution in [0.2, 0.25) is 0 Å². The average molecular weight is 511 g/mol. The van der Waals surface area contributed by atoms with Crippen molar-refractivity contribution in [3.63, 3.8) is 0 Å². The van der Waals surface area contributed by atoms with Crippen molar-refractivity contribution in [2.45, 2.75) is 45.1 Å². The van der Waals surface area contributed by atoms with E-state index in [1.54, 1.807) is 30.5 Å². The second-order valence-corrected chi connectivity index (χ2v) is 11.5. The molecule has 1 aliphatic carbocycles. The summed E-state index contributed by atoms with van der Waals surface area (Å²) in [6, 6.07) is 11.0. The molecule has 0 bridgehead atoms. The van der Waals surface area contributed by atoms with Gasteiger partial charge >= 0.3 is 0 Å². The molecule has 0 unspecified atom stereocenters. The largest absolute Gasteiger partial charge is 0.349 e. The molecule has 36 heavy (non-hydrogen) atoms. The molecule has 5 rings (SSSR count). The highest BCUT2D eigenvalue weighted by Crippen LogP contribution is 2.24. The summed E-state index contributed by atoms with van der Waals surface area (Å²) in [5.41, 5.74) is 3.24. The van der Waals surface area contributed by atoms with E-state index in [-0.39, 0.29) is 11.9 Å². The van der Waals surface area contributed by atoms with Gasteiger partial charge in [-0.25, -0.2) is 4.98 Å². The molecule has 9 nitrogen and oxygen atoms in total. The molecule has 3 heterocycles. The predicted octanol–water partition coefficient (Wildman–Crippen LogP) is 3.26. The molecule has 1 aliphatic heterocycles. The lowest BCUT2D eigenvalue weighted by Gasteiger charge is -2.30. The first-order valence-corrected chi connectivity index (χ1v) is 14.2. The van der Waals surface area contributed by atoms with Crippen molar-refractivity contribution in [3.8, 4) is 11.3 Å². The fraction of sp³-hybridized carbons (Fsp3) is 0.462. The molecule has 3 N–H and O–H groups in total. The number of carbonyl (C=O) groups excluding carboxylic acids is 1. The Kier molecular flexibility index (Phi) is 7.27. The minimum Gasteiger partial charge on any atom is -0.349 e. The van der Waals surface area contributed by atoms with E-state index in [1.807, 2.05) is 22.7 Å². The van der Waals surface area contributed by atoms with Gasteiger partial charge in [0, 0.05) is 37.1 Å². The number of amides is 1. The first kappa shape index (κ1) is 24.7. The van der Waals surface area contributed by atoms with Crippen molar-refractivity contribution >= 4 is 27.5 Å². The second-order valence-electron chi connectivity index (χ2n) is 10.0. The van der Waals surface area contributed by atoms with Gasteiger partial charge in [-0.2, -0.15) is 13.1 Å². The van der Waals surface area contributed by atoms with Crippen LogP contribution in [0.1, 0.15) is 49.4 Å². The second kappa shape index (κ2) is 10.6. The number of imidazole rings is 1. The standard InChI is InChI=1S/C26H34N6O3S/c1-19-10-13-31(14-11-19)15-12-27-36(34,35)30-23-7-2-4-20(16-23)24-18-32-17-21(8-9-25(32)29-24)26(33)28-22-5-3-6-22/h2,4,7-9,16-19,22,27,30H,3,5-6,10-15H2,1H3,(H,28,33). The monoisotopic (exact) mass is 510 g/mol. The number of hydrogen-bond donors (Lipinski definition) is 3. The quantitative estimate of drug-likeness (QED) is 0.410. The number of hydrogen-bond acceptors (Lipinski definition) is 5. The van der Waals surface area contributed by atoms with E-state index < -0.39 is 10.2 Å². The van der Waals surface area contributed by atoms with E-state index in [0.29, 0.717) is 35.7 Å². The number of benzene rings is 1. The number of nitrogens with one attached hydrogen (secondary N) is 3. The molecule has 1 saturated carbocycles. The normalized spacial score (nSPS) is 17.7. The van der Waals surface area contributed by atoms with Crippen LogP contribution in [-0.2, 0) is 10.2 Å². The van der Waals surface area contributed by atoms with E-state index in [4.69, 9.17) is 0 Å². The number of carbonyl (C=O) groups is 1. The van der Waals surface area contributed by atoms with Gasteiger partial charge < -0.3 is 14.6 Å². The SMILES string of the molecule is CC1CCN(CCNS(=O)(=O)Nc2cccc(-c3cn4cc(C(=O)NC5CCC5)ccc4n3)c2)CC1. The Morgan fingerprint density at radius 3 is 2.64 bits per heavy atom. The summed E-state index contributed by atoms with van der Waals surface area (Å²) in [7, 11) is -3.69. The third-order valence-corrected chi connectivity index (χ3v) is 8.25. The number of aromatic nitrogens is 2. The van der Waals surface area contributed by atoms with E-state index in [9.17, 15) is 13.2 Å². The number of rotatable bonds is 9. The van der Waals surface area contributed by atoms with Crippen molar-refractivity contribution in [1.29, 1.82) is 0 Å². The van der Waals surface area contributed by atoms with Gasteiger partial charge in [-0.3, -0.25) is 9.52 Å². The van der Waals surface area contributed by atoms with Crippen molar-refractivity contribution in [2.24, 2.45) is 5.92 Å². The number of pyridine rings is 1. The van der Waals surface area contributed by atoms with Gasteiger partial charge in [0.2, 0.25) is 0 Å². The fourth-order valence-corrected chi connectivity index (χ4v) is 5.51. The molecule has 2 aliphatic rings. The van der Waals surface area contributed by atoms with Gasteiger partial charge in [-0.15, -0.1) is 0 Å². The van der Waals surface area contributed by atoms with Crippen LogP contribution in [0.4, 0.5) is 5.69 Å². The Bertz CT molecular complexity index is 1330. The molecule has 192 valence electrons. The minimum atomic E-state index is -3.69. The highest BCUT2D eigenvalue weighted by Gasteiger charge is 2.20. The van der Waals surface area contributed by atoms with E-state index in [1.165, 1.54) is 0 Å². The average Bonchev–Trinajstić information content (AvgIpc) is 3.26. The van der Waals surface area contributed by atoms with Crippen molar-refractivity contribution in [3.05, 3.63) is 54.4 Å². The molecule has 2 fully saturated rings. The molecule has 10 heteroatoms. The lowest BCUT2D eigenvalue weighted by Crippen LogP contribution is -2.40. The first-order valence-electron chi connectivity index (χ1n) is 12.7. The van der Waals surface area contributed by atoms with Gasteiger partial charge in [-0.05, 0) is 75.4 Å². The summed E-state index contributed by atoms with van der Waals surface area (Å²) in [6.45, 7) is 5.37. The zero-order chi connectivity index (χ0) is 25.1. The van der Waals surface area contributed by atoms with Gasteiger partial charge in [0.15, 0.2) is 0 Å².